The zero-order valence-electron chi connectivity index (χ0n) is 15.4. The third kappa shape index (κ3) is 3.86. The van der Waals surface area contributed by atoms with E-state index >= 15 is 0 Å². The molecule has 4 aromatic rings. The van der Waals surface area contributed by atoms with Crippen LogP contribution in [0.5, 0.6) is 0 Å². The first-order valence-electron chi connectivity index (χ1n) is 8.87. The molecule has 142 valence electrons. The molecule has 0 bridgehead atoms. The number of hydrogen-bond donors (Lipinski definition) is 0. The number of aryl methyl sites for hydroxylation is 1. The molecule has 0 heterocycles. The van der Waals surface area contributed by atoms with Crippen molar-refractivity contribution in [2.75, 3.05) is 0 Å². The van der Waals surface area contributed by atoms with Crippen LogP contribution in [0.15, 0.2) is 66.7 Å². The maximum Gasteiger partial charge on any atom is 0.142 e. The van der Waals surface area contributed by atoms with Crippen LogP contribution >= 0.6 is 0 Å². The van der Waals surface area contributed by atoms with Crippen molar-refractivity contribution in [2.45, 2.75) is 6.92 Å². The molecule has 0 aromatic heterocycles. The standard InChI is InChI=1S/C25H14F4/c1-15-2-8-21(23(27)10-15)19-13-24(28)22(25(29)14-19)9-4-16-3-5-18-12-20(26)7-6-17(18)11-16/h2-3,5-8,10-14H,1H3. The fraction of sp³-hybridized carbons (Fsp3) is 0.0400. The highest BCUT2D eigenvalue weighted by Gasteiger charge is 2.13. The van der Waals surface area contributed by atoms with E-state index in [1.165, 1.54) is 24.3 Å². The first-order chi connectivity index (χ1) is 13.9. The lowest BCUT2D eigenvalue weighted by Crippen LogP contribution is -1.94. The number of hydrogen-bond acceptors (Lipinski definition) is 0. The van der Waals surface area contributed by atoms with E-state index in [1.54, 1.807) is 37.3 Å². The summed E-state index contributed by atoms with van der Waals surface area (Å²) in [5, 5.41) is 1.47. The molecule has 0 aliphatic rings. The Kier molecular flexibility index (Phi) is 4.82. The Bertz CT molecular complexity index is 1290. The van der Waals surface area contributed by atoms with Gasteiger partial charge in [-0.1, -0.05) is 36.1 Å². The predicted molar refractivity (Wildman–Crippen MR) is 106 cm³/mol. The van der Waals surface area contributed by atoms with Crippen molar-refractivity contribution >= 4 is 10.8 Å². The molecule has 4 heteroatoms. The number of fused-ring (bicyclic) bond motifs is 1. The van der Waals surface area contributed by atoms with E-state index in [4.69, 9.17) is 0 Å². The maximum atomic E-state index is 14.5. The molecule has 0 spiro atoms. The summed E-state index contributed by atoms with van der Waals surface area (Å²) in [6, 6.07) is 16.0. The van der Waals surface area contributed by atoms with Crippen LogP contribution in [0.4, 0.5) is 17.6 Å². The van der Waals surface area contributed by atoms with Crippen molar-refractivity contribution in [1.82, 2.24) is 0 Å². The SMILES string of the molecule is Cc1ccc(-c2cc(F)c(C#Cc3ccc4cc(F)ccc4c3)c(F)c2)c(F)c1. The van der Waals surface area contributed by atoms with Crippen molar-refractivity contribution in [3.63, 3.8) is 0 Å². The predicted octanol–water partition coefficient (Wildman–Crippen LogP) is 6.77. The zero-order chi connectivity index (χ0) is 20.5. The van der Waals surface area contributed by atoms with Crippen LogP contribution in [0.3, 0.4) is 0 Å². The van der Waals surface area contributed by atoms with Crippen LogP contribution in [-0.2, 0) is 0 Å². The van der Waals surface area contributed by atoms with E-state index in [2.05, 4.69) is 11.8 Å². The molecule has 0 fully saturated rings. The molecule has 29 heavy (non-hydrogen) atoms. The highest BCUT2D eigenvalue weighted by molar-refractivity contribution is 5.84. The highest BCUT2D eigenvalue weighted by Crippen LogP contribution is 2.27. The first kappa shape index (κ1) is 18.8. The lowest BCUT2D eigenvalue weighted by Gasteiger charge is -2.07. The minimum Gasteiger partial charge on any atom is -0.207 e. The maximum absolute atomic E-state index is 14.5. The Morgan fingerprint density at radius 2 is 1.31 bits per heavy atom. The summed E-state index contributed by atoms with van der Waals surface area (Å²) in [5.41, 5.74) is 1.09. The molecule has 0 amide bonds. The molecule has 0 saturated carbocycles. The zero-order valence-corrected chi connectivity index (χ0v) is 15.4. The number of benzene rings is 4. The van der Waals surface area contributed by atoms with Gasteiger partial charge in [-0.25, -0.2) is 17.6 Å². The number of halogens is 4. The van der Waals surface area contributed by atoms with E-state index in [0.717, 1.165) is 17.5 Å². The molecular weight excluding hydrogens is 376 g/mol. The Labute approximate surface area is 165 Å². The molecule has 0 nitrogen and oxygen atoms in total. The van der Waals surface area contributed by atoms with Gasteiger partial charge in [0.05, 0.1) is 5.56 Å². The molecule has 0 radical (unpaired) electrons. The van der Waals surface area contributed by atoms with Crippen LogP contribution in [0, 0.1) is 42.0 Å². The second-order valence-electron chi connectivity index (χ2n) is 6.75. The van der Waals surface area contributed by atoms with Gasteiger partial charge in [0, 0.05) is 11.1 Å². The monoisotopic (exact) mass is 390 g/mol. The summed E-state index contributed by atoms with van der Waals surface area (Å²) < 4.78 is 56.4. The quantitative estimate of drug-likeness (QED) is 0.248. The van der Waals surface area contributed by atoms with Crippen LogP contribution in [-0.4, -0.2) is 0 Å². The smallest absolute Gasteiger partial charge is 0.142 e. The van der Waals surface area contributed by atoms with E-state index in [9.17, 15) is 17.6 Å². The lowest BCUT2D eigenvalue weighted by atomic mass is 10.0. The van der Waals surface area contributed by atoms with Gasteiger partial charge in [-0.05, 0) is 71.3 Å². The van der Waals surface area contributed by atoms with Crippen LogP contribution in [0.25, 0.3) is 21.9 Å². The summed E-state index contributed by atoms with van der Waals surface area (Å²) in [6.07, 6.45) is 0. The molecule has 0 N–H and O–H groups in total. The van der Waals surface area contributed by atoms with Gasteiger partial charge in [-0.15, -0.1) is 0 Å². The topological polar surface area (TPSA) is 0 Å². The molecule has 4 aromatic carbocycles. The van der Waals surface area contributed by atoms with E-state index in [1.807, 2.05) is 0 Å². The highest BCUT2D eigenvalue weighted by atomic mass is 19.1. The second-order valence-corrected chi connectivity index (χ2v) is 6.75. The Morgan fingerprint density at radius 3 is 2.03 bits per heavy atom. The molecule has 0 saturated heterocycles. The summed E-state index contributed by atoms with van der Waals surface area (Å²) in [4.78, 5) is 0. The van der Waals surface area contributed by atoms with Crippen molar-refractivity contribution in [3.05, 3.63) is 107 Å². The average molecular weight is 390 g/mol. The summed E-state index contributed by atoms with van der Waals surface area (Å²) in [7, 11) is 0. The molecule has 0 aliphatic carbocycles. The van der Waals surface area contributed by atoms with Crippen LogP contribution in [0.1, 0.15) is 16.7 Å². The van der Waals surface area contributed by atoms with Gasteiger partial charge in [0.1, 0.15) is 23.3 Å². The van der Waals surface area contributed by atoms with Crippen molar-refractivity contribution in [1.29, 1.82) is 0 Å². The molecular formula is C25H14F4. The van der Waals surface area contributed by atoms with Gasteiger partial charge in [0.15, 0.2) is 0 Å². The Hall–Kier alpha value is -3.58. The van der Waals surface area contributed by atoms with Gasteiger partial charge < -0.3 is 0 Å². The van der Waals surface area contributed by atoms with Crippen LogP contribution in [0.2, 0.25) is 0 Å². The average Bonchev–Trinajstić information content (AvgIpc) is 2.67. The Morgan fingerprint density at radius 1 is 0.621 bits per heavy atom. The van der Waals surface area contributed by atoms with Crippen LogP contribution < -0.4 is 0 Å². The molecule has 4 rings (SSSR count). The van der Waals surface area contributed by atoms with E-state index in [0.29, 0.717) is 16.5 Å². The Balaban J connectivity index is 1.71. The molecule has 0 unspecified atom stereocenters. The van der Waals surface area contributed by atoms with Crippen molar-refractivity contribution in [3.8, 4) is 23.0 Å². The number of rotatable bonds is 1. The van der Waals surface area contributed by atoms with Gasteiger partial charge in [-0.2, -0.15) is 0 Å². The summed E-state index contributed by atoms with van der Waals surface area (Å²) >= 11 is 0. The van der Waals surface area contributed by atoms with Gasteiger partial charge in [0.2, 0.25) is 0 Å². The van der Waals surface area contributed by atoms with Crippen molar-refractivity contribution in [2.24, 2.45) is 0 Å². The third-order valence-corrected chi connectivity index (χ3v) is 4.61. The minimum absolute atomic E-state index is 0.107. The van der Waals surface area contributed by atoms with Gasteiger partial charge >= 0.3 is 0 Å². The second kappa shape index (κ2) is 7.44. The minimum atomic E-state index is -0.865. The summed E-state index contributed by atoms with van der Waals surface area (Å²) in [5.74, 6) is 2.62. The summed E-state index contributed by atoms with van der Waals surface area (Å²) in [6.45, 7) is 1.73. The fourth-order valence-corrected chi connectivity index (χ4v) is 3.13. The lowest BCUT2D eigenvalue weighted by molar-refractivity contribution is 0.577. The van der Waals surface area contributed by atoms with Gasteiger partial charge in [0.25, 0.3) is 0 Å². The first-order valence-corrected chi connectivity index (χ1v) is 8.87. The normalized spacial score (nSPS) is 10.7. The van der Waals surface area contributed by atoms with Gasteiger partial charge in [-0.3, -0.25) is 0 Å². The third-order valence-electron chi connectivity index (χ3n) is 4.61. The van der Waals surface area contributed by atoms with E-state index in [-0.39, 0.29) is 22.5 Å². The van der Waals surface area contributed by atoms with Crippen molar-refractivity contribution < 1.29 is 17.6 Å². The molecule has 0 aliphatic heterocycles. The van der Waals surface area contributed by atoms with E-state index < -0.39 is 17.5 Å². The fourth-order valence-electron chi connectivity index (χ4n) is 3.13. The molecule has 0 atom stereocenters. The largest absolute Gasteiger partial charge is 0.207 e.